The topological polar surface area (TPSA) is 83.6 Å². The Bertz CT molecular complexity index is 374. The molecule has 0 radical (unpaired) electrons. The Morgan fingerprint density at radius 1 is 1.27 bits per heavy atom. The summed E-state index contributed by atoms with van der Waals surface area (Å²) in [4.78, 5) is 10.2. The average molecular weight is 211 g/mol. The minimum Gasteiger partial charge on any atom is -0.389 e. The highest BCUT2D eigenvalue weighted by Crippen LogP contribution is 2.28. The molecule has 1 aromatic carbocycles. The first-order valence-electron chi connectivity index (χ1n) is 4.58. The number of aliphatic hydroxyl groups excluding tert-OH is 2. The normalized spacial score (nSPS) is 14.7. The van der Waals surface area contributed by atoms with Crippen molar-refractivity contribution in [1.29, 1.82) is 0 Å². The van der Waals surface area contributed by atoms with Gasteiger partial charge in [0.1, 0.15) is 0 Å². The first-order valence-corrected chi connectivity index (χ1v) is 4.58. The van der Waals surface area contributed by atoms with E-state index in [4.69, 9.17) is 0 Å². The fourth-order valence-corrected chi connectivity index (χ4v) is 1.33. The van der Waals surface area contributed by atoms with Crippen molar-refractivity contribution in [2.75, 3.05) is 0 Å². The fourth-order valence-electron chi connectivity index (χ4n) is 1.33. The van der Waals surface area contributed by atoms with E-state index in [0.29, 0.717) is 5.56 Å². The van der Waals surface area contributed by atoms with Crippen molar-refractivity contribution >= 4 is 5.69 Å². The number of hydrogen-bond acceptors (Lipinski definition) is 4. The highest BCUT2D eigenvalue weighted by molar-refractivity contribution is 5.45. The molecule has 0 saturated heterocycles. The third-order valence-corrected chi connectivity index (χ3v) is 2.18. The number of nitro groups is 1. The lowest BCUT2D eigenvalue weighted by Gasteiger charge is -2.09. The van der Waals surface area contributed by atoms with Crippen LogP contribution in [0.15, 0.2) is 18.2 Å². The molecule has 15 heavy (non-hydrogen) atoms. The van der Waals surface area contributed by atoms with Crippen molar-refractivity contribution < 1.29 is 15.1 Å². The molecule has 0 saturated carbocycles. The van der Waals surface area contributed by atoms with E-state index >= 15 is 0 Å². The first kappa shape index (κ1) is 11.6. The lowest BCUT2D eigenvalue weighted by atomic mass is 10.0. The molecule has 82 valence electrons. The minimum absolute atomic E-state index is 0.164. The van der Waals surface area contributed by atoms with Gasteiger partial charge in [-0.25, -0.2) is 0 Å². The van der Waals surface area contributed by atoms with Crippen LogP contribution in [-0.4, -0.2) is 15.1 Å². The van der Waals surface area contributed by atoms with Gasteiger partial charge in [-0.05, 0) is 25.5 Å². The second-order valence-corrected chi connectivity index (χ2v) is 3.43. The number of nitrogens with zero attached hydrogens (tertiary/aromatic N) is 1. The lowest BCUT2D eigenvalue weighted by Crippen LogP contribution is -2.01. The van der Waals surface area contributed by atoms with Gasteiger partial charge >= 0.3 is 0 Å². The molecular formula is C10H13NO4. The van der Waals surface area contributed by atoms with Gasteiger partial charge in [-0.2, -0.15) is 0 Å². The standard InChI is InChI=1S/C10H13NO4/c1-6(12)8-3-4-9(7(2)13)10(5-8)11(14)15/h3-7,12-13H,1-2H3/t6-,7-/m0/s1. The third-order valence-electron chi connectivity index (χ3n) is 2.18. The van der Waals surface area contributed by atoms with Crippen molar-refractivity contribution in [3.8, 4) is 0 Å². The summed E-state index contributed by atoms with van der Waals surface area (Å²) in [6, 6.07) is 4.32. The summed E-state index contributed by atoms with van der Waals surface area (Å²) in [6.45, 7) is 2.99. The van der Waals surface area contributed by atoms with Crippen molar-refractivity contribution in [3.63, 3.8) is 0 Å². The smallest absolute Gasteiger partial charge is 0.275 e. The zero-order valence-corrected chi connectivity index (χ0v) is 8.54. The molecule has 0 aliphatic rings. The second-order valence-electron chi connectivity index (χ2n) is 3.43. The Hall–Kier alpha value is -1.46. The van der Waals surface area contributed by atoms with Crippen LogP contribution in [0.5, 0.6) is 0 Å². The highest BCUT2D eigenvalue weighted by atomic mass is 16.6. The molecule has 2 N–H and O–H groups in total. The molecule has 0 amide bonds. The highest BCUT2D eigenvalue weighted by Gasteiger charge is 2.18. The lowest BCUT2D eigenvalue weighted by molar-refractivity contribution is -0.386. The van der Waals surface area contributed by atoms with Gasteiger partial charge in [0, 0.05) is 6.07 Å². The zero-order chi connectivity index (χ0) is 11.6. The summed E-state index contributed by atoms with van der Waals surface area (Å²) in [6.07, 6.45) is -1.65. The molecule has 0 fully saturated rings. The van der Waals surface area contributed by atoms with E-state index in [0.717, 1.165) is 0 Å². The minimum atomic E-state index is -0.895. The molecular weight excluding hydrogens is 198 g/mol. The summed E-state index contributed by atoms with van der Waals surface area (Å²) >= 11 is 0. The van der Waals surface area contributed by atoms with Crippen LogP contribution in [0.3, 0.4) is 0 Å². The molecule has 0 heterocycles. The van der Waals surface area contributed by atoms with Crippen LogP contribution in [-0.2, 0) is 0 Å². The van der Waals surface area contributed by atoms with E-state index in [1.807, 2.05) is 0 Å². The molecule has 2 atom stereocenters. The van der Waals surface area contributed by atoms with E-state index in [9.17, 15) is 20.3 Å². The van der Waals surface area contributed by atoms with Crippen molar-refractivity contribution in [1.82, 2.24) is 0 Å². The monoisotopic (exact) mass is 211 g/mol. The van der Waals surface area contributed by atoms with E-state index in [-0.39, 0.29) is 11.3 Å². The van der Waals surface area contributed by atoms with Crippen LogP contribution in [0.1, 0.15) is 37.2 Å². The predicted molar refractivity (Wildman–Crippen MR) is 54.4 cm³/mol. The number of aliphatic hydroxyl groups is 2. The van der Waals surface area contributed by atoms with Gasteiger partial charge in [0.2, 0.25) is 0 Å². The number of benzene rings is 1. The quantitative estimate of drug-likeness (QED) is 0.588. The second kappa shape index (κ2) is 4.37. The Labute approximate surface area is 87.1 Å². The molecule has 0 unspecified atom stereocenters. The van der Waals surface area contributed by atoms with Gasteiger partial charge in [0.25, 0.3) is 5.69 Å². The van der Waals surface area contributed by atoms with Crippen LogP contribution < -0.4 is 0 Å². The molecule has 5 nitrogen and oxygen atoms in total. The fraction of sp³-hybridized carbons (Fsp3) is 0.400. The average Bonchev–Trinajstić information content (AvgIpc) is 2.16. The molecule has 1 aromatic rings. The van der Waals surface area contributed by atoms with E-state index in [2.05, 4.69) is 0 Å². The molecule has 0 aromatic heterocycles. The molecule has 0 aliphatic heterocycles. The van der Waals surface area contributed by atoms with Gasteiger partial charge in [-0.15, -0.1) is 0 Å². The maximum atomic E-state index is 10.7. The summed E-state index contributed by atoms with van der Waals surface area (Å²) < 4.78 is 0. The van der Waals surface area contributed by atoms with Crippen LogP contribution in [0.25, 0.3) is 0 Å². The van der Waals surface area contributed by atoms with Crippen molar-refractivity contribution in [2.24, 2.45) is 0 Å². The molecule has 0 spiro atoms. The Morgan fingerprint density at radius 3 is 2.27 bits per heavy atom. The summed E-state index contributed by atoms with van der Waals surface area (Å²) in [5.74, 6) is 0. The van der Waals surface area contributed by atoms with Crippen LogP contribution in [0.2, 0.25) is 0 Å². The third kappa shape index (κ3) is 2.51. The molecule has 1 rings (SSSR count). The van der Waals surface area contributed by atoms with Gasteiger partial charge in [-0.3, -0.25) is 10.1 Å². The van der Waals surface area contributed by atoms with E-state index in [1.165, 1.54) is 26.0 Å². The summed E-state index contributed by atoms with van der Waals surface area (Å²) in [5, 5.41) is 29.3. The maximum Gasteiger partial charge on any atom is 0.275 e. The molecule has 0 aliphatic carbocycles. The Kier molecular flexibility index (Phi) is 3.39. The van der Waals surface area contributed by atoms with Crippen molar-refractivity contribution in [3.05, 3.63) is 39.4 Å². The van der Waals surface area contributed by atoms with Gasteiger partial charge in [-0.1, -0.05) is 6.07 Å². The number of nitro benzene ring substituents is 1. The largest absolute Gasteiger partial charge is 0.389 e. The van der Waals surface area contributed by atoms with Gasteiger partial charge < -0.3 is 10.2 Å². The van der Waals surface area contributed by atoms with Crippen LogP contribution >= 0.6 is 0 Å². The van der Waals surface area contributed by atoms with Gasteiger partial charge in [0.05, 0.1) is 22.7 Å². The van der Waals surface area contributed by atoms with Gasteiger partial charge in [0.15, 0.2) is 0 Å². The Morgan fingerprint density at radius 2 is 1.87 bits per heavy atom. The van der Waals surface area contributed by atoms with E-state index in [1.54, 1.807) is 6.07 Å². The first-order chi connectivity index (χ1) is 6.93. The zero-order valence-electron chi connectivity index (χ0n) is 8.54. The maximum absolute atomic E-state index is 10.7. The molecule has 5 heteroatoms. The SMILES string of the molecule is C[C@H](O)c1ccc([C@H](C)O)c([N+](=O)[O-])c1. The van der Waals surface area contributed by atoms with Crippen molar-refractivity contribution in [2.45, 2.75) is 26.1 Å². The Balaban J connectivity index is 3.27. The number of rotatable bonds is 3. The van der Waals surface area contributed by atoms with Crippen LogP contribution in [0, 0.1) is 10.1 Å². The number of hydrogen-bond donors (Lipinski definition) is 2. The summed E-state index contributed by atoms with van der Waals surface area (Å²) in [5.41, 5.74) is 0.555. The van der Waals surface area contributed by atoms with E-state index < -0.39 is 17.1 Å². The predicted octanol–water partition coefficient (Wildman–Crippen LogP) is 1.70. The molecule has 0 bridgehead atoms. The van der Waals surface area contributed by atoms with Crippen LogP contribution in [0.4, 0.5) is 5.69 Å². The summed E-state index contributed by atoms with van der Waals surface area (Å²) in [7, 11) is 0.